The molecule has 0 aromatic rings. The third-order valence-electron chi connectivity index (χ3n) is 1.44. The Balaban J connectivity index is 3.40. The van der Waals surface area contributed by atoms with Crippen LogP contribution in [0.5, 0.6) is 0 Å². The second-order valence-electron chi connectivity index (χ2n) is 2.67. The molecular formula is C7H14O3. The zero-order valence-corrected chi connectivity index (χ0v) is 6.37. The minimum atomic E-state index is -0.791. The molecule has 0 fully saturated rings. The minimum Gasteiger partial charge on any atom is -0.481 e. The van der Waals surface area contributed by atoms with Crippen LogP contribution in [0.1, 0.15) is 26.7 Å². The van der Waals surface area contributed by atoms with Crippen LogP contribution >= 0.6 is 0 Å². The highest BCUT2D eigenvalue weighted by Crippen LogP contribution is 2.07. The maximum Gasteiger partial charge on any atom is 0.306 e. The zero-order valence-electron chi connectivity index (χ0n) is 6.37. The molecule has 0 saturated carbocycles. The van der Waals surface area contributed by atoms with Gasteiger partial charge < -0.3 is 10.2 Å². The number of aliphatic hydroxyl groups is 1. The van der Waals surface area contributed by atoms with Crippen LogP contribution < -0.4 is 0 Å². The van der Waals surface area contributed by atoms with Gasteiger partial charge >= 0.3 is 5.97 Å². The third-order valence-corrected chi connectivity index (χ3v) is 1.44. The smallest absolute Gasteiger partial charge is 0.306 e. The first kappa shape index (κ1) is 9.43. The van der Waals surface area contributed by atoms with Crippen molar-refractivity contribution in [2.75, 3.05) is 0 Å². The van der Waals surface area contributed by atoms with Crippen LogP contribution in [0.4, 0.5) is 0 Å². The summed E-state index contributed by atoms with van der Waals surface area (Å²) in [5, 5.41) is 17.2. The van der Waals surface area contributed by atoms with Gasteiger partial charge in [-0.15, -0.1) is 0 Å². The molecule has 0 aromatic heterocycles. The van der Waals surface area contributed by atoms with Crippen LogP contribution in [-0.2, 0) is 4.79 Å². The van der Waals surface area contributed by atoms with Crippen LogP contribution in [0.2, 0.25) is 0 Å². The van der Waals surface area contributed by atoms with Crippen molar-refractivity contribution >= 4 is 5.97 Å². The largest absolute Gasteiger partial charge is 0.481 e. The third kappa shape index (κ3) is 4.32. The van der Waals surface area contributed by atoms with Crippen molar-refractivity contribution in [3.8, 4) is 0 Å². The summed E-state index contributed by atoms with van der Waals surface area (Å²) in [7, 11) is 0. The molecule has 0 radical (unpaired) electrons. The molecule has 0 spiro atoms. The van der Waals surface area contributed by atoms with Crippen LogP contribution in [0.3, 0.4) is 0 Å². The Hall–Kier alpha value is -0.570. The quantitative estimate of drug-likeness (QED) is 0.618. The molecule has 0 rings (SSSR count). The Labute approximate surface area is 60.7 Å². The first-order valence-corrected chi connectivity index (χ1v) is 3.45. The van der Waals surface area contributed by atoms with E-state index in [0.29, 0.717) is 12.8 Å². The van der Waals surface area contributed by atoms with Gasteiger partial charge in [0, 0.05) is 0 Å². The molecule has 0 aliphatic rings. The molecule has 3 nitrogen and oxygen atoms in total. The molecule has 0 heterocycles. The Bertz CT molecular complexity index is 109. The minimum absolute atomic E-state index is 0.338. The lowest BCUT2D eigenvalue weighted by Gasteiger charge is -2.06. The Morgan fingerprint density at radius 3 is 2.20 bits per heavy atom. The van der Waals surface area contributed by atoms with E-state index >= 15 is 0 Å². The van der Waals surface area contributed by atoms with E-state index in [9.17, 15) is 4.79 Å². The fourth-order valence-electron chi connectivity index (χ4n) is 0.615. The molecule has 0 amide bonds. The first-order valence-electron chi connectivity index (χ1n) is 3.45. The molecule has 2 atom stereocenters. The molecule has 2 N–H and O–H groups in total. The molecule has 0 aliphatic carbocycles. The van der Waals surface area contributed by atoms with E-state index in [-0.39, 0.29) is 12.0 Å². The van der Waals surface area contributed by atoms with Crippen molar-refractivity contribution in [1.29, 1.82) is 0 Å². The summed E-state index contributed by atoms with van der Waals surface area (Å²) < 4.78 is 0. The van der Waals surface area contributed by atoms with Crippen molar-refractivity contribution in [2.24, 2.45) is 5.92 Å². The zero-order chi connectivity index (χ0) is 8.15. The van der Waals surface area contributed by atoms with E-state index in [1.807, 2.05) is 0 Å². The molecular weight excluding hydrogens is 132 g/mol. The lowest BCUT2D eigenvalue weighted by molar-refractivity contribution is -0.141. The lowest BCUT2D eigenvalue weighted by Crippen LogP contribution is -2.12. The summed E-state index contributed by atoms with van der Waals surface area (Å²) >= 11 is 0. The van der Waals surface area contributed by atoms with Gasteiger partial charge in [-0.1, -0.05) is 6.92 Å². The number of hydrogen-bond donors (Lipinski definition) is 2. The monoisotopic (exact) mass is 146 g/mol. The van der Waals surface area contributed by atoms with E-state index in [0.717, 1.165) is 0 Å². The SMILES string of the molecule is C[C@H](O)CC[C@@H](C)C(=O)O. The average molecular weight is 146 g/mol. The highest BCUT2D eigenvalue weighted by molar-refractivity contribution is 5.69. The van der Waals surface area contributed by atoms with Crippen molar-refractivity contribution in [3.05, 3.63) is 0 Å². The van der Waals surface area contributed by atoms with Crippen LogP contribution in [-0.4, -0.2) is 22.3 Å². The van der Waals surface area contributed by atoms with Gasteiger partial charge in [-0.2, -0.15) is 0 Å². The lowest BCUT2D eigenvalue weighted by atomic mass is 10.0. The Kier molecular flexibility index (Phi) is 4.03. The molecule has 3 heteroatoms. The molecule has 0 unspecified atom stereocenters. The van der Waals surface area contributed by atoms with E-state index in [1.54, 1.807) is 13.8 Å². The molecule has 0 saturated heterocycles. The van der Waals surface area contributed by atoms with Crippen LogP contribution in [0.25, 0.3) is 0 Å². The summed E-state index contributed by atoms with van der Waals surface area (Å²) in [6, 6.07) is 0. The molecule has 0 bridgehead atoms. The Morgan fingerprint density at radius 1 is 1.40 bits per heavy atom. The number of aliphatic hydroxyl groups excluding tert-OH is 1. The summed E-state index contributed by atoms with van der Waals surface area (Å²) in [5.74, 6) is -1.13. The van der Waals surface area contributed by atoms with E-state index < -0.39 is 5.97 Å². The van der Waals surface area contributed by atoms with E-state index in [4.69, 9.17) is 10.2 Å². The molecule has 60 valence electrons. The van der Waals surface area contributed by atoms with Gasteiger partial charge in [0.1, 0.15) is 0 Å². The second-order valence-corrected chi connectivity index (χ2v) is 2.67. The van der Waals surface area contributed by atoms with Crippen molar-refractivity contribution in [2.45, 2.75) is 32.8 Å². The highest BCUT2D eigenvalue weighted by atomic mass is 16.4. The topological polar surface area (TPSA) is 57.5 Å². The number of carboxylic acids is 1. The fourth-order valence-corrected chi connectivity index (χ4v) is 0.615. The number of rotatable bonds is 4. The number of aliphatic carboxylic acids is 1. The number of hydrogen-bond acceptors (Lipinski definition) is 2. The predicted molar refractivity (Wildman–Crippen MR) is 37.7 cm³/mol. The van der Waals surface area contributed by atoms with Crippen LogP contribution in [0, 0.1) is 5.92 Å². The maximum absolute atomic E-state index is 10.2. The molecule has 10 heavy (non-hydrogen) atoms. The number of carboxylic acid groups (broad SMARTS) is 1. The Morgan fingerprint density at radius 2 is 1.90 bits per heavy atom. The fraction of sp³-hybridized carbons (Fsp3) is 0.857. The van der Waals surface area contributed by atoms with E-state index in [1.165, 1.54) is 0 Å². The van der Waals surface area contributed by atoms with Gasteiger partial charge in [0.05, 0.1) is 12.0 Å². The summed E-state index contributed by atoms with van der Waals surface area (Å²) in [6.45, 7) is 3.30. The van der Waals surface area contributed by atoms with Crippen molar-refractivity contribution in [1.82, 2.24) is 0 Å². The molecule has 0 aliphatic heterocycles. The number of carbonyl (C=O) groups is 1. The summed E-state index contributed by atoms with van der Waals surface area (Å²) in [6.07, 6.45) is 0.724. The highest BCUT2D eigenvalue weighted by Gasteiger charge is 2.10. The summed E-state index contributed by atoms with van der Waals surface area (Å²) in [5.41, 5.74) is 0. The normalized spacial score (nSPS) is 16.3. The van der Waals surface area contributed by atoms with Gasteiger partial charge in [0.2, 0.25) is 0 Å². The second kappa shape index (κ2) is 4.28. The summed E-state index contributed by atoms with van der Waals surface area (Å²) in [4.78, 5) is 10.2. The standard InChI is InChI=1S/C7H14O3/c1-5(7(9)10)3-4-6(2)8/h5-6,8H,3-4H2,1-2H3,(H,9,10)/t5-,6+/m1/s1. The van der Waals surface area contributed by atoms with Gasteiger partial charge in [-0.3, -0.25) is 4.79 Å². The average Bonchev–Trinajstić information content (AvgIpc) is 1.82. The van der Waals surface area contributed by atoms with Gasteiger partial charge in [-0.05, 0) is 19.8 Å². The van der Waals surface area contributed by atoms with E-state index in [2.05, 4.69) is 0 Å². The van der Waals surface area contributed by atoms with Crippen LogP contribution in [0.15, 0.2) is 0 Å². The van der Waals surface area contributed by atoms with Gasteiger partial charge in [0.25, 0.3) is 0 Å². The van der Waals surface area contributed by atoms with Gasteiger partial charge in [-0.25, -0.2) is 0 Å². The predicted octanol–water partition coefficient (Wildman–Crippen LogP) is 0.868. The molecule has 0 aromatic carbocycles. The first-order chi connectivity index (χ1) is 4.54. The van der Waals surface area contributed by atoms with Crippen molar-refractivity contribution < 1.29 is 15.0 Å². The maximum atomic E-state index is 10.2. The van der Waals surface area contributed by atoms with Gasteiger partial charge in [0.15, 0.2) is 0 Å². The van der Waals surface area contributed by atoms with Crippen molar-refractivity contribution in [3.63, 3.8) is 0 Å².